The normalized spacial score (nSPS) is 13.0. The lowest BCUT2D eigenvalue weighted by atomic mass is 9.98. The van der Waals surface area contributed by atoms with Crippen LogP contribution in [0.2, 0.25) is 0 Å². The van der Waals surface area contributed by atoms with Gasteiger partial charge in [0.05, 0.1) is 25.0 Å². The minimum absolute atomic E-state index is 0.0137. The van der Waals surface area contributed by atoms with E-state index in [1.807, 2.05) is 30.9 Å². The lowest BCUT2D eigenvalue weighted by Crippen LogP contribution is -2.36. The van der Waals surface area contributed by atoms with Gasteiger partial charge < -0.3 is 18.8 Å². The second-order valence-corrected chi connectivity index (χ2v) is 7.74. The average molecular weight is 456 g/mol. The first-order valence-electron chi connectivity index (χ1n) is 11.1. The maximum absolute atomic E-state index is 14.0. The number of aromatic nitrogens is 1. The van der Waals surface area contributed by atoms with E-state index in [0.717, 1.165) is 35.4 Å². The van der Waals surface area contributed by atoms with E-state index in [1.54, 1.807) is 0 Å². The fourth-order valence-electron chi connectivity index (χ4n) is 3.93. The van der Waals surface area contributed by atoms with Gasteiger partial charge in [0.25, 0.3) is 0 Å². The molecule has 6 nitrogen and oxygen atoms in total. The highest BCUT2D eigenvalue weighted by molar-refractivity contribution is 5.76. The Morgan fingerprint density at radius 1 is 1.09 bits per heavy atom. The molecule has 1 amide bonds. The SMILES string of the molecule is CCOc1cc2c(cc1OCC)CN(C(=O)CCc1ncc(-c3ccc(F)cc3F)o1)CC2. The van der Waals surface area contributed by atoms with E-state index in [-0.39, 0.29) is 23.7 Å². The summed E-state index contributed by atoms with van der Waals surface area (Å²) in [6, 6.07) is 7.23. The molecule has 0 atom stereocenters. The third-order valence-corrected chi connectivity index (χ3v) is 5.53. The molecule has 8 heteroatoms. The van der Waals surface area contributed by atoms with Crippen molar-refractivity contribution in [1.29, 1.82) is 0 Å². The number of oxazole rings is 1. The number of carbonyl (C=O) groups excluding carboxylic acids is 1. The molecule has 0 aliphatic carbocycles. The van der Waals surface area contributed by atoms with Crippen LogP contribution in [0.5, 0.6) is 11.5 Å². The Hall–Kier alpha value is -3.42. The number of amides is 1. The smallest absolute Gasteiger partial charge is 0.223 e. The molecule has 0 N–H and O–H groups in total. The highest BCUT2D eigenvalue weighted by Crippen LogP contribution is 2.34. The van der Waals surface area contributed by atoms with Crippen molar-refractivity contribution in [2.45, 2.75) is 39.7 Å². The van der Waals surface area contributed by atoms with E-state index in [4.69, 9.17) is 13.9 Å². The number of hydrogen-bond acceptors (Lipinski definition) is 5. The Bertz CT molecular complexity index is 1150. The van der Waals surface area contributed by atoms with Crippen molar-refractivity contribution in [3.05, 3.63) is 65.2 Å². The van der Waals surface area contributed by atoms with Gasteiger partial charge in [-0.3, -0.25) is 4.79 Å². The van der Waals surface area contributed by atoms with Gasteiger partial charge in [0, 0.05) is 32.0 Å². The zero-order chi connectivity index (χ0) is 23.4. The molecule has 0 spiro atoms. The van der Waals surface area contributed by atoms with Crippen molar-refractivity contribution in [2.24, 2.45) is 0 Å². The van der Waals surface area contributed by atoms with E-state index >= 15 is 0 Å². The zero-order valence-electron chi connectivity index (χ0n) is 18.7. The molecule has 0 unspecified atom stereocenters. The Morgan fingerprint density at radius 2 is 1.82 bits per heavy atom. The molecule has 1 aromatic heterocycles. The Balaban J connectivity index is 1.39. The van der Waals surface area contributed by atoms with Gasteiger partial charge in [0.1, 0.15) is 11.6 Å². The lowest BCUT2D eigenvalue weighted by molar-refractivity contribution is -0.132. The van der Waals surface area contributed by atoms with Gasteiger partial charge in [-0.2, -0.15) is 0 Å². The molecule has 1 aliphatic rings. The summed E-state index contributed by atoms with van der Waals surface area (Å²) in [5.41, 5.74) is 2.34. The Kier molecular flexibility index (Phi) is 6.91. The van der Waals surface area contributed by atoms with Crippen molar-refractivity contribution >= 4 is 5.91 Å². The number of carbonyl (C=O) groups is 1. The zero-order valence-corrected chi connectivity index (χ0v) is 18.7. The highest BCUT2D eigenvalue weighted by Gasteiger charge is 2.23. The van der Waals surface area contributed by atoms with Crippen molar-refractivity contribution in [3.63, 3.8) is 0 Å². The van der Waals surface area contributed by atoms with E-state index in [0.29, 0.717) is 44.4 Å². The fourth-order valence-corrected chi connectivity index (χ4v) is 3.93. The van der Waals surface area contributed by atoms with Gasteiger partial charge in [-0.1, -0.05) is 0 Å². The number of aryl methyl sites for hydroxylation is 1. The van der Waals surface area contributed by atoms with Crippen LogP contribution in [0.3, 0.4) is 0 Å². The molecule has 2 heterocycles. The van der Waals surface area contributed by atoms with Crippen LogP contribution < -0.4 is 9.47 Å². The molecule has 0 saturated carbocycles. The summed E-state index contributed by atoms with van der Waals surface area (Å²) in [5, 5.41) is 0. The summed E-state index contributed by atoms with van der Waals surface area (Å²) in [7, 11) is 0. The first kappa shape index (κ1) is 22.8. The molecule has 33 heavy (non-hydrogen) atoms. The first-order valence-corrected chi connectivity index (χ1v) is 11.1. The third kappa shape index (κ3) is 5.16. The second kappa shape index (κ2) is 10.0. The first-order chi connectivity index (χ1) is 16.0. The summed E-state index contributed by atoms with van der Waals surface area (Å²) in [4.78, 5) is 18.8. The molecular weight excluding hydrogens is 430 g/mol. The summed E-state index contributed by atoms with van der Waals surface area (Å²) in [5.74, 6) is 0.560. The lowest BCUT2D eigenvalue weighted by Gasteiger charge is -2.30. The monoisotopic (exact) mass is 456 g/mol. The number of halogens is 2. The summed E-state index contributed by atoms with van der Waals surface area (Å²) in [6.07, 6.45) is 2.63. The third-order valence-electron chi connectivity index (χ3n) is 5.53. The number of fused-ring (bicyclic) bond motifs is 1. The van der Waals surface area contributed by atoms with Crippen LogP contribution in [-0.2, 0) is 24.2 Å². The topological polar surface area (TPSA) is 64.8 Å². The predicted octanol–water partition coefficient (Wildman–Crippen LogP) is 4.93. The largest absolute Gasteiger partial charge is 0.490 e. The van der Waals surface area contributed by atoms with Gasteiger partial charge in [-0.25, -0.2) is 13.8 Å². The Morgan fingerprint density at radius 3 is 2.52 bits per heavy atom. The number of nitrogens with zero attached hydrogens (tertiary/aromatic N) is 2. The van der Waals surface area contributed by atoms with E-state index in [2.05, 4.69) is 4.98 Å². The quantitative estimate of drug-likeness (QED) is 0.481. The molecule has 3 aromatic rings. The van der Waals surface area contributed by atoms with E-state index < -0.39 is 11.6 Å². The standard InChI is InChI=1S/C25H26F2N2O4/c1-3-31-21-11-16-9-10-29(15-17(16)12-22(21)32-4-2)25(30)8-7-24-28-14-23(33-24)19-6-5-18(26)13-20(19)27/h5-6,11-14H,3-4,7-10,15H2,1-2H3. The molecule has 0 radical (unpaired) electrons. The predicted molar refractivity (Wildman–Crippen MR) is 118 cm³/mol. The van der Waals surface area contributed by atoms with Crippen LogP contribution in [0.25, 0.3) is 11.3 Å². The van der Waals surface area contributed by atoms with Crippen LogP contribution in [0.1, 0.15) is 37.3 Å². The highest BCUT2D eigenvalue weighted by atomic mass is 19.1. The summed E-state index contributed by atoms with van der Waals surface area (Å²) >= 11 is 0. The fraction of sp³-hybridized carbons (Fsp3) is 0.360. The molecule has 0 bridgehead atoms. The van der Waals surface area contributed by atoms with E-state index in [1.165, 1.54) is 12.3 Å². The number of benzene rings is 2. The van der Waals surface area contributed by atoms with Gasteiger partial charge in [0.15, 0.2) is 23.1 Å². The molecule has 174 valence electrons. The number of rotatable bonds is 8. The van der Waals surface area contributed by atoms with Crippen molar-refractivity contribution in [2.75, 3.05) is 19.8 Å². The van der Waals surface area contributed by atoms with Crippen molar-refractivity contribution in [3.8, 4) is 22.8 Å². The second-order valence-electron chi connectivity index (χ2n) is 7.74. The van der Waals surface area contributed by atoms with Gasteiger partial charge in [-0.05, 0) is 55.7 Å². The molecule has 2 aromatic carbocycles. The molecule has 1 aliphatic heterocycles. The van der Waals surface area contributed by atoms with Gasteiger partial charge >= 0.3 is 0 Å². The van der Waals surface area contributed by atoms with Gasteiger partial charge in [-0.15, -0.1) is 0 Å². The summed E-state index contributed by atoms with van der Waals surface area (Å²) < 4.78 is 44.1. The van der Waals surface area contributed by atoms with Crippen LogP contribution in [-0.4, -0.2) is 35.5 Å². The van der Waals surface area contributed by atoms with Crippen LogP contribution in [0, 0.1) is 11.6 Å². The number of ether oxygens (including phenoxy) is 2. The van der Waals surface area contributed by atoms with Crippen molar-refractivity contribution in [1.82, 2.24) is 9.88 Å². The molecule has 4 rings (SSSR count). The maximum atomic E-state index is 14.0. The van der Waals surface area contributed by atoms with E-state index in [9.17, 15) is 13.6 Å². The average Bonchev–Trinajstić information content (AvgIpc) is 3.26. The minimum atomic E-state index is -0.723. The molecular formula is C25H26F2N2O4. The summed E-state index contributed by atoms with van der Waals surface area (Å²) in [6.45, 7) is 6.05. The van der Waals surface area contributed by atoms with Gasteiger partial charge in [0.2, 0.25) is 5.91 Å². The number of hydrogen-bond donors (Lipinski definition) is 0. The molecule has 0 fully saturated rings. The van der Waals surface area contributed by atoms with Crippen molar-refractivity contribution < 1.29 is 27.5 Å². The Labute approximate surface area is 191 Å². The maximum Gasteiger partial charge on any atom is 0.223 e. The van der Waals surface area contributed by atoms with Crippen LogP contribution in [0.15, 0.2) is 40.9 Å². The van der Waals surface area contributed by atoms with Crippen LogP contribution in [0.4, 0.5) is 8.78 Å². The van der Waals surface area contributed by atoms with Crippen LogP contribution >= 0.6 is 0 Å². The molecule has 0 saturated heterocycles. The minimum Gasteiger partial charge on any atom is -0.490 e.